The maximum absolute atomic E-state index is 12.4. The van der Waals surface area contributed by atoms with Crippen LogP contribution in [0.1, 0.15) is 41.3 Å². The average Bonchev–Trinajstić information content (AvgIpc) is 3.45. The van der Waals surface area contributed by atoms with Gasteiger partial charge in [0, 0.05) is 17.0 Å². The Morgan fingerprint density at radius 1 is 1.18 bits per heavy atom. The van der Waals surface area contributed by atoms with Crippen LogP contribution in [0.15, 0.2) is 59.1 Å². The Kier molecular flexibility index (Phi) is 7.47. The predicted octanol–water partition coefficient (Wildman–Crippen LogP) is 6.17. The molecule has 2 aromatic heterocycles. The standard InChI is InChI=1S/C24H24ClN5OS2/c1-4-16(3)26-23(31)19-13-32-21(27-19)14-33-24-29-28-22(17-10-6-7-11-18(17)25)30(24)20-12-8-5-9-15(20)2/h5-13,16H,4,14H2,1-3H3,(H,26,31). The van der Waals surface area contributed by atoms with Gasteiger partial charge in [-0.25, -0.2) is 4.98 Å². The van der Waals surface area contributed by atoms with Crippen LogP contribution in [0, 0.1) is 6.92 Å². The average molecular weight is 498 g/mol. The van der Waals surface area contributed by atoms with Crippen molar-refractivity contribution in [1.29, 1.82) is 0 Å². The first-order valence-corrected chi connectivity index (χ1v) is 12.9. The predicted molar refractivity (Wildman–Crippen MR) is 135 cm³/mol. The minimum absolute atomic E-state index is 0.118. The zero-order valence-corrected chi connectivity index (χ0v) is 21.0. The molecule has 170 valence electrons. The monoisotopic (exact) mass is 497 g/mol. The van der Waals surface area contributed by atoms with Crippen molar-refractivity contribution >= 4 is 40.6 Å². The molecular weight excluding hydrogens is 474 g/mol. The molecule has 1 unspecified atom stereocenters. The van der Waals surface area contributed by atoms with Gasteiger partial charge in [-0.05, 0) is 44.0 Å². The molecule has 0 saturated carbocycles. The van der Waals surface area contributed by atoms with Crippen molar-refractivity contribution in [3.05, 3.63) is 75.2 Å². The van der Waals surface area contributed by atoms with Crippen molar-refractivity contribution in [1.82, 2.24) is 25.1 Å². The Bertz CT molecular complexity index is 1270. The van der Waals surface area contributed by atoms with Gasteiger partial charge < -0.3 is 5.32 Å². The van der Waals surface area contributed by atoms with E-state index in [2.05, 4.69) is 33.5 Å². The Morgan fingerprint density at radius 3 is 2.70 bits per heavy atom. The minimum atomic E-state index is -0.138. The molecule has 2 aromatic carbocycles. The molecule has 1 N–H and O–H groups in total. The summed E-state index contributed by atoms with van der Waals surface area (Å²) in [6.07, 6.45) is 0.876. The van der Waals surface area contributed by atoms with Crippen molar-refractivity contribution in [2.45, 2.75) is 44.1 Å². The highest BCUT2D eigenvalue weighted by molar-refractivity contribution is 7.98. The molecule has 0 aliphatic carbocycles. The smallest absolute Gasteiger partial charge is 0.270 e. The molecule has 33 heavy (non-hydrogen) atoms. The number of nitrogens with one attached hydrogen (secondary N) is 1. The van der Waals surface area contributed by atoms with Crippen LogP contribution in [0.5, 0.6) is 0 Å². The number of nitrogens with zero attached hydrogens (tertiary/aromatic N) is 4. The van der Waals surface area contributed by atoms with Gasteiger partial charge in [-0.2, -0.15) is 0 Å². The molecule has 0 spiro atoms. The summed E-state index contributed by atoms with van der Waals surface area (Å²) in [5, 5.41) is 15.9. The number of hydrogen-bond acceptors (Lipinski definition) is 6. The summed E-state index contributed by atoms with van der Waals surface area (Å²) in [5.41, 5.74) is 3.37. The summed E-state index contributed by atoms with van der Waals surface area (Å²) < 4.78 is 2.03. The van der Waals surface area contributed by atoms with Gasteiger partial charge in [0.15, 0.2) is 11.0 Å². The highest BCUT2D eigenvalue weighted by Crippen LogP contribution is 2.34. The van der Waals surface area contributed by atoms with Crippen LogP contribution in [0.2, 0.25) is 5.02 Å². The highest BCUT2D eigenvalue weighted by atomic mass is 35.5. The van der Waals surface area contributed by atoms with Gasteiger partial charge in [-0.15, -0.1) is 21.5 Å². The van der Waals surface area contributed by atoms with Crippen LogP contribution in [0.3, 0.4) is 0 Å². The number of thiazole rings is 1. The Morgan fingerprint density at radius 2 is 1.94 bits per heavy atom. The zero-order valence-electron chi connectivity index (χ0n) is 18.6. The summed E-state index contributed by atoms with van der Waals surface area (Å²) in [7, 11) is 0. The van der Waals surface area contributed by atoms with Gasteiger partial charge in [0.05, 0.1) is 16.5 Å². The van der Waals surface area contributed by atoms with Crippen molar-refractivity contribution in [2.75, 3.05) is 0 Å². The molecule has 0 saturated heterocycles. The maximum atomic E-state index is 12.4. The molecule has 2 heterocycles. The van der Waals surface area contributed by atoms with E-state index in [0.29, 0.717) is 22.3 Å². The van der Waals surface area contributed by atoms with Gasteiger partial charge in [-0.1, -0.05) is 60.6 Å². The lowest BCUT2D eigenvalue weighted by molar-refractivity contribution is 0.0935. The van der Waals surface area contributed by atoms with E-state index in [1.54, 1.807) is 5.38 Å². The largest absolute Gasteiger partial charge is 0.348 e. The molecule has 0 aliphatic rings. The van der Waals surface area contributed by atoms with Crippen LogP contribution in [-0.2, 0) is 5.75 Å². The lowest BCUT2D eigenvalue weighted by Gasteiger charge is -2.13. The number of thioether (sulfide) groups is 1. The number of aromatic nitrogens is 4. The molecule has 0 radical (unpaired) electrons. The number of amides is 1. The first kappa shape index (κ1) is 23.5. The fourth-order valence-electron chi connectivity index (χ4n) is 3.22. The highest BCUT2D eigenvalue weighted by Gasteiger charge is 2.20. The van der Waals surface area contributed by atoms with Crippen molar-refractivity contribution in [3.63, 3.8) is 0 Å². The van der Waals surface area contributed by atoms with Crippen LogP contribution in [-0.4, -0.2) is 31.7 Å². The first-order valence-electron chi connectivity index (χ1n) is 10.6. The second-order valence-electron chi connectivity index (χ2n) is 7.61. The van der Waals surface area contributed by atoms with E-state index in [9.17, 15) is 4.79 Å². The van der Waals surface area contributed by atoms with Gasteiger partial charge in [0.25, 0.3) is 5.91 Å². The first-order chi connectivity index (χ1) is 16.0. The summed E-state index contributed by atoms with van der Waals surface area (Å²) in [6, 6.07) is 15.9. The molecule has 0 aliphatic heterocycles. The van der Waals surface area contributed by atoms with Crippen molar-refractivity contribution < 1.29 is 4.79 Å². The van der Waals surface area contributed by atoms with E-state index < -0.39 is 0 Å². The molecule has 4 rings (SSSR count). The van der Waals surface area contributed by atoms with Crippen molar-refractivity contribution in [2.24, 2.45) is 0 Å². The van der Waals surface area contributed by atoms with Crippen molar-refractivity contribution in [3.8, 4) is 17.1 Å². The van der Waals surface area contributed by atoms with Gasteiger partial charge in [-0.3, -0.25) is 9.36 Å². The SMILES string of the molecule is CCC(C)NC(=O)c1csc(CSc2nnc(-c3ccccc3Cl)n2-c2ccccc2C)n1. The zero-order chi connectivity index (χ0) is 23.4. The molecule has 4 aromatic rings. The number of para-hydroxylation sites is 1. The third-order valence-electron chi connectivity index (χ3n) is 5.20. The molecular formula is C24H24ClN5OS2. The second kappa shape index (κ2) is 10.5. The third kappa shape index (κ3) is 5.29. The normalized spacial score (nSPS) is 12.0. The van der Waals surface area contributed by atoms with E-state index >= 15 is 0 Å². The quantitative estimate of drug-likeness (QED) is 0.294. The number of hydrogen-bond donors (Lipinski definition) is 1. The van der Waals surface area contributed by atoms with E-state index in [1.165, 1.54) is 23.1 Å². The van der Waals surface area contributed by atoms with E-state index in [4.69, 9.17) is 11.6 Å². The number of rotatable bonds is 8. The topological polar surface area (TPSA) is 72.7 Å². The fourth-order valence-corrected chi connectivity index (χ4v) is 5.18. The fraction of sp³-hybridized carbons (Fsp3) is 0.250. The molecule has 1 atom stereocenters. The lowest BCUT2D eigenvalue weighted by atomic mass is 10.1. The van der Waals surface area contributed by atoms with Gasteiger partial charge >= 0.3 is 0 Å². The summed E-state index contributed by atoms with van der Waals surface area (Å²) in [6.45, 7) is 6.08. The minimum Gasteiger partial charge on any atom is -0.348 e. The van der Waals surface area contributed by atoms with E-state index in [-0.39, 0.29) is 11.9 Å². The molecule has 1 amide bonds. The Balaban J connectivity index is 1.62. The number of halogens is 1. The molecule has 9 heteroatoms. The lowest BCUT2D eigenvalue weighted by Crippen LogP contribution is -2.32. The Hall–Kier alpha value is -2.68. The van der Waals surface area contributed by atoms with Crippen LogP contribution < -0.4 is 5.32 Å². The summed E-state index contributed by atoms with van der Waals surface area (Å²) in [5.74, 6) is 1.12. The van der Waals surface area contributed by atoms with Crippen LogP contribution in [0.25, 0.3) is 17.1 Å². The summed E-state index contributed by atoms with van der Waals surface area (Å²) in [4.78, 5) is 16.9. The molecule has 6 nitrogen and oxygen atoms in total. The molecule has 0 fully saturated rings. The number of benzene rings is 2. The van der Waals surface area contributed by atoms with E-state index in [0.717, 1.165) is 33.4 Å². The van der Waals surface area contributed by atoms with Gasteiger partial charge in [0.2, 0.25) is 0 Å². The summed E-state index contributed by atoms with van der Waals surface area (Å²) >= 11 is 9.49. The Labute approximate surface area is 206 Å². The second-order valence-corrected chi connectivity index (χ2v) is 9.90. The molecule has 0 bridgehead atoms. The van der Waals surface area contributed by atoms with E-state index in [1.807, 2.05) is 60.9 Å². The number of carbonyl (C=O) groups excluding carboxylic acids is 1. The van der Waals surface area contributed by atoms with Crippen LogP contribution >= 0.6 is 34.7 Å². The third-order valence-corrected chi connectivity index (χ3v) is 7.50. The maximum Gasteiger partial charge on any atom is 0.270 e. The number of carbonyl (C=O) groups is 1. The van der Waals surface area contributed by atoms with Crippen LogP contribution in [0.4, 0.5) is 0 Å². The number of aryl methyl sites for hydroxylation is 1. The van der Waals surface area contributed by atoms with Gasteiger partial charge in [0.1, 0.15) is 10.7 Å².